The highest BCUT2D eigenvalue weighted by atomic mass is 16.5. The second-order valence-electron chi connectivity index (χ2n) is 3.91. The topological polar surface area (TPSA) is 119 Å². The fraction of sp³-hybridized carbons (Fsp3) is 0.727. The molecule has 7 nitrogen and oxygen atoms in total. The second-order valence-corrected chi connectivity index (χ2v) is 3.91. The Balaban J connectivity index is 4.31. The number of methoxy groups -OCH3 is 1. The predicted molar refractivity (Wildman–Crippen MR) is 63.7 cm³/mol. The molecule has 0 radical (unpaired) electrons. The molecule has 4 N–H and O–H groups in total. The fourth-order valence-corrected chi connectivity index (χ4v) is 1.34. The van der Waals surface area contributed by atoms with Crippen LogP contribution in [0.4, 0.5) is 0 Å². The van der Waals surface area contributed by atoms with E-state index in [2.05, 4.69) is 10.1 Å². The smallest absolute Gasteiger partial charge is 0.326 e. The first-order valence-electron chi connectivity index (χ1n) is 5.77. The van der Waals surface area contributed by atoms with Crippen LogP contribution in [0.25, 0.3) is 0 Å². The lowest BCUT2D eigenvalue weighted by Crippen LogP contribution is -2.48. The molecule has 0 aromatic carbocycles. The van der Waals surface area contributed by atoms with E-state index in [9.17, 15) is 14.4 Å². The summed E-state index contributed by atoms with van der Waals surface area (Å²) in [6.45, 7) is 1.87. The van der Waals surface area contributed by atoms with Gasteiger partial charge in [0.2, 0.25) is 5.91 Å². The first-order chi connectivity index (χ1) is 8.42. The lowest BCUT2D eigenvalue weighted by atomic mass is 10.1. The lowest BCUT2D eigenvalue weighted by molar-refractivity contribution is -0.144. The summed E-state index contributed by atoms with van der Waals surface area (Å²) in [7, 11) is 1.22. The van der Waals surface area contributed by atoms with Gasteiger partial charge in [-0.25, -0.2) is 4.79 Å². The van der Waals surface area contributed by atoms with Gasteiger partial charge in [-0.15, -0.1) is 0 Å². The molecule has 1 unspecified atom stereocenters. The van der Waals surface area contributed by atoms with Crippen molar-refractivity contribution < 1.29 is 24.2 Å². The summed E-state index contributed by atoms with van der Waals surface area (Å²) in [5.74, 6) is -2.24. The summed E-state index contributed by atoms with van der Waals surface area (Å²) in [6.07, 6.45) is 1.12. The van der Waals surface area contributed by atoms with Crippen LogP contribution in [-0.2, 0) is 19.1 Å². The van der Waals surface area contributed by atoms with Crippen LogP contribution in [-0.4, -0.2) is 42.1 Å². The van der Waals surface area contributed by atoms with Gasteiger partial charge >= 0.3 is 11.9 Å². The summed E-state index contributed by atoms with van der Waals surface area (Å²) in [4.78, 5) is 33.4. The fourth-order valence-electron chi connectivity index (χ4n) is 1.34. The Hall–Kier alpha value is -1.63. The van der Waals surface area contributed by atoms with Crippen molar-refractivity contribution in [2.45, 2.75) is 44.7 Å². The van der Waals surface area contributed by atoms with Gasteiger partial charge in [-0.3, -0.25) is 9.59 Å². The van der Waals surface area contributed by atoms with Gasteiger partial charge in [0.25, 0.3) is 0 Å². The second kappa shape index (κ2) is 8.46. The molecule has 18 heavy (non-hydrogen) atoms. The molecule has 0 aliphatic rings. The Morgan fingerprint density at radius 1 is 1.33 bits per heavy atom. The van der Waals surface area contributed by atoms with Crippen LogP contribution in [0.3, 0.4) is 0 Å². The zero-order valence-electron chi connectivity index (χ0n) is 10.6. The monoisotopic (exact) mass is 260 g/mol. The van der Waals surface area contributed by atoms with E-state index in [1.807, 2.05) is 6.92 Å². The number of nitrogens with one attached hydrogen (secondary N) is 1. The highest BCUT2D eigenvalue weighted by Crippen LogP contribution is 2.01. The molecular formula is C11H20N2O5. The van der Waals surface area contributed by atoms with Crippen LogP contribution in [0, 0.1) is 0 Å². The molecule has 0 fully saturated rings. The number of rotatable bonds is 8. The Bertz CT molecular complexity index is 306. The largest absolute Gasteiger partial charge is 0.480 e. The molecule has 104 valence electrons. The number of esters is 1. The molecule has 0 spiro atoms. The van der Waals surface area contributed by atoms with Gasteiger partial charge in [-0.1, -0.05) is 13.3 Å². The van der Waals surface area contributed by atoms with Crippen molar-refractivity contribution >= 4 is 17.8 Å². The van der Waals surface area contributed by atoms with Crippen LogP contribution >= 0.6 is 0 Å². The third kappa shape index (κ3) is 6.19. The van der Waals surface area contributed by atoms with Crippen molar-refractivity contribution in [3.05, 3.63) is 0 Å². The third-order valence-electron chi connectivity index (χ3n) is 2.42. The first kappa shape index (κ1) is 16.4. The number of ether oxygens (including phenoxy) is 1. The van der Waals surface area contributed by atoms with E-state index >= 15 is 0 Å². The third-order valence-corrected chi connectivity index (χ3v) is 2.42. The molecule has 0 saturated heterocycles. The summed E-state index contributed by atoms with van der Waals surface area (Å²) >= 11 is 0. The SMILES string of the molecule is CCC[C@@H](N)C(=O)NC(CCC(=O)OC)C(=O)O. The van der Waals surface area contributed by atoms with Gasteiger partial charge in [0.1, 0.15) is 6.04 Å². The predicted octanol–water partition coefficient (Wildman–Crippen LogP) is -0.364. The Kier molecular flexibility index (Phi) is 7.69. The van der Waals surface area contributed by atoms with Gasteiger partial charge in [-0.2, -0.15) is 0 Å². The zero-order chi connectivity index (χ0) is 14.1. The minimum absolute atomic E-state index is 0.0212. The van der Waals surface area contributed by atoms with E-state index < -0.39 is 29.9 Å². The highest BCUT2D eigenvalue weighted by Gasteiger charge is 2.23. The molecule has 7 heteroatoms. The first-order valence-corrected chi connectivity index (χ1v) is 5.77. The maximum atomic E-state index is 11.5. The highest BCUT2D eigenvalue weighted by molar-refractivity contribution is 5.87. The molecule has 2 atom stereocenters. The van der Waals surface area contributed by atoms with Gasteiger partial charge in [0, 0.05) is 6.42 Å². The minimum Gasteiger partial charge on any atom is -0.480 e. The van der Waals surface area contributed by atoms with Crippen molar-refractivity contribution in [3.63, 3.8) is 0 Å². The van der Waals surface area contributed by atoms with Crippen molar-refractivity contribution in [3.8, 4) is 0 Å². The molecule has 0 aromatic rings. The van der Waals surface area contributed by atoms with E-state index in [4.69, 9.17) is 10.8 Å². The molecule has 1 amide bonds. The van der Waals surface area contributed by atoms with Gasteiger partial charge < -0.3 is 20.9 Å². The van der Waals surface area contributed by atoms with Crippen LogP contribution in [0.15, 0.2) is 0 Å². The summed E-state index contributed by atoms with van der Waals surface area (Å²) in [5, 5.41) is 11.2. The Morgan fingerprint density at radius 2 is 1.94 bits per heavy atom. The molecule has 0 aromatic heterocycles. The van der Waals surface area contributed by atoms with Crippen molar-refractivity contribution in [2.75, 3.05) is 7.11 Å². The standard InChI is InChI=1S/C11H20N2O5/c1-3-4-7(12)10(15)13-8(11(16)17)5-6-9(14)18-2/h7-8H,3-6,12H2,1-2H3,(H,13,15)(H,16,17)/t7-,8?/m1/s1. The summed E-state index contributed by atoms with van der Waals surface area (Å²) in [6, 6.07) is -1.85. The number of aliphatic carboxylic acids is 1. The van der Waals surface area contributed by atoms with Crippen molar-refractivity contribution in [1.29, 1.82) is 0 Å². The van der Waals surface area contributed by atoms with Gasteiger partial charge in [0.15, 0.2) is 0 Å². The van der Waals surface area contributed by atoms with Crippen molar-refractivity contribution in [2.24, 2.45) is 5.73 Å². The number of hydrogen-bond acceptors (Lipinski definition) is 5. The number of amides is 1. The summed E-state index contributed by atoms with van der Waals surface area (Å²) < 4.78 is 4.40. The average Bonchev–Trinajstić information content (AvgIpc) is 2.33. The van der Waals surface area contributed by atoms with E-state index in [1.165, 1.54) is 7.11 Å². The number of carboxylic acids is 1. The quantitative estimate of drug-likeness (QED) is 0.513. The molecule has 0 bridgehead atoms. The normalized spacial score (nSPS) is 13.5. The van der Waals surface area contributed by atoms with Gasteiger partial charge in [-0.05, 0) is 12.8 Å². The number of carbonyl (C=O) groups excluding carboxylic acids is 2. The Labute approximate surface area is 106 Å². The van der Waals surface area contributed by atoms with E-state index in [-0.39, 0.29) is 12.8 Å². The van der Waals surface area contributed by atoms with E-state index in [0.717, 1.165) is 6.42 Å². The van der Waals surface area contributed by atoms with E-state index in [0.29, 0.717) is 6.42 Å². The van der Waals surface area contributed by atoms with Crippen LogP contribution < -0.4 is 11.1 Å². The van der Waals surface area contributed by atoms with Crippen LogP contribution in [0.2, 0.25) is 0 Å². The lowest BCUT2D eigenvalue weighted by Gasteiger charge is -2.17. The van der Waals surface area contributed by atoms with E-state index in [1.54, 1.807) is 0 Å². The summed E-state index contributed by atoms with van der Waals surface area (Å²) in [5.41, 5.74) is 5.56. The zero-order valence-corrected chi connectivity index (χ0v) is 10.6. The van der Waals surface area contributed by atoms with Crippen molar-refractivity contribution in [1.82, 2.24) is 5.32 Å². The number of nitrogens with two attached hydrogens (primary N) is 1. The van der Waals surface area contributed by atoms with Crippen LogP contribution in [0.1, 0.15) is 32.6 Å². The van der Waals surface area contributed by atoms with Gasteiger partial charge in [0.05, 0.1) is 13.2 Å². The minimum atomic E-state index is -1.20. The number of carboxylic acid groups (broad SMARTS) is 1. The van der Waals surface area contributed by atoms with Crippen LogP contribution in [0.5, 0.6) is 0 Å². The molecule has 0 saturated carbocycles. The molecule has 0 heterocycles. The number of hydrogen-bond donors (Lipinski definition) is 3. The molecule has 0 aliphatic heterocycles. The average molecular weight is 260 g/mol. The molecular weight excluding hydrogens is 240 g/mol. The molecule has 0 aliphatic carbocycles. The Morgan fingerprint density at radius 3 is 2.39 bits per heavy atom. The number of carbonyl (C=O) groups is 3. The molecule has 0 rings (SSSR count). The maximum Gasteiger partial charge on any atom is 0.326 e. The maximum absolute atomic E-state index is 11.5.